The average molecular weight is 495 g/mol. The number of sulfonamides is 1. The van der Waals surface area contributed by atoms with Gasteiger partial charge in [-0.05, 0) is 19.1 Å². The maximum absolute atomic E-state index is 14.4. The number of benzene rings is 1. The van der Waals surface area contributed by atoms with Gasteiger partial charge < -0.3 is 5.73 Å². The number of alkyl halides is 3. The first-order valence-electron chi connectivity index (χ1n) is 7.81. The summed E-state index contributed by atoms with van der Waals surface area (Å²) < 4.78 is 80.3. The zero-order chi connectivity index (χ0) is 22.3. The van der Waals surface area contributed by atoms with Crippen LogP contribution in [0.1, 0.15) is 12.6 Å². The molecule has 1 heterocycles. The van der Waals surface area contributed by atoms with E-state index in [1.807, 2.05) is 0 Å². The normalized spacial score (nSPS) is 13.1. The van der Waals surface area contributed by atoms with Crippen molar-refractivity contribution in [1.82, 2.24) is 13.9 Å². The molecule has 0 spiro atoms. The molecule has 3 N–H and O–H groups in total. The van der Waals surface area contributed by atoms with Crippen LogP contribution in [0.3, 0.4) is 0 Å². The Morgan fingerprint density at radius 1 is 1.23 bits per heavy atom. The van der Waals surface area contributed by atoms with E-state index in [-0.39, 0.29) is 34.2 Å². The Kier molecular flexibility index (Phi) is 7.88. The van der Waals surface area contributed by atoms with Gasteiger partial charge >= 0.3 is 11.9 Å². The lowest BCUT2D eigenvalue weighted by atomic mass is 10.3. The second kappa shape index (κ2) is 9.06. The van der Waals surface area contributed by atoms with E-state index in [4.69, 9.17) is 17.3 Å². The average Bonchev–Trinajstić information content (AvgIpc) is 2.57. The minimum Gasteiger partial charge on any atom is -0.327 e. The van der Waals surface area contributed by atoms with Crippen molar-refractivity contribution in [2.45, 2.75) is 24.0 Å². The first-order valence-corrected chi connectivity index (χ1v) is 9.68. The van der Waals surface area contributed by atoms with Gasteiger partial charge in [-0.2, -0.15) is 13.2 Å². The second-order valence-electron chi connectivity index (χ2n) is 6.11. The van der Waals surface area contributed by atoms with Crippen molar-refractivity contribution in [2.24, 2.45) is 12.8 Å². The lowest BCUT2D eigenvalue weighted by Crippen LogP contribution is -2.41. The number of aromatic nitrogens is 2. The van der Waals surface area contributed by atoms with Crippen molar-refractivity contribution in [3.05, 3.63) is 55.6 Å². The van der Waals surface area contributed by atoms with Gasteiger partial charge in [0, 0.05) is 25.7 Å². The summed E-state index contributed by atoms with van der Waals surface area (Å²) in [5.74, 6) is -1.29. The first-order chi connectivity index (χ1) is 13.2. The minimum atomic E-state index is -5.01. The predicted octanol–water partition coefficient (Wildman–Crippen LogP) is 1.39. The van der Waals surface area contributed by atoms with Gasteiger partial charge in [-0.25, -0.2) is 26.9 Å². The zero-order valence-electron chi connectivity index (χ0n) is 15.3. The van der Waals surface area contributed by atoms with Crippen molar-refractivity contribution in [3.63, 3.8) is 0 Å². The van der Waals surface area contributed by atoms with E-state index in [9.17, 15) is 35.6 Å². The fourth-order valence-corrected chi connectivity index (χ4v) is 4.01. The molecular weight excluding hydrogens is 479 g/mol. The molecule has 0 fully saturated rings. The van der Waals surface area contributed by atoms with Crippen LogP contribution in [0.2, 0.25) is 5.02 Å². The third-order valence-corrected chi connectivity index (χ3v) is 5.63. The molecular formula is C15H16Cl2F4N4O4S. The molecule has 1 atom stereocenters. The van der Waals surface area contributed by atoms with Crippen molar-refractivity contribution in [2.75, 3.05) is 6.54 Å². The summed E-state index contributed by atoms with van der Waals surface area (Å²) in [7, 11) is -3.60. The highest BCUT2D eigenvalue weighted by molar-refractivity contribution is 7.89. The molecule has 0 saturated carbocycles. The molecule has 0 aliphatic carbocycles. The SMILES string of the molecule is CC(N)CNS(=O)(=O)c1cc(-n2c(=O)cc(C(F)(F)F)n(C)c2=O)c(F)cc1Cl.Cl. The Bertz CT molecular complexity index is 1180. The summed E-state index contributed by atoms with van der Waals surface area (Å²) >= 11 is 5.77. The van der Waals surface area contributed by atoms with Crippen LogP contribution in [0.25, 0.3) is 5.69 Å². The van der Waals surface area contributed by atoms with E-state index in [0.29, 0.717) is 12.1 Å². The lowest BCUT2D eigenvalue weighted by molar-refractivity contribution is -0.144. The van der Waals surface area contributed by atoms with Crippen LogP contribution in [0.4, 0.5) is 17.6 Å². The van der Waals surface area contributed by atoms with E-state index >= 15 is 0 Å². The van der Waals surface area contributed by atoms with Crippen molar-refractivity contribution in [1.29, 1.82) is 0 Å². The Labute approximate surface area is 178 Å². The topological polar surface area (TPSA) is 116 Å². The Morgan fingerprint density at radius 2 is 1.80 bits per heavy atom. The fourth-order valence-electron chi connectivity index (χ4n) is 2.33. The number of nitrogens with two attached hydrogens (primary N) is 1. The number of hydrogen-bond acceptors (Lipinski definition) is 5. The van der Waals surface area contributed by atoms with Crippen LogP contribution < -0.4 is 21.7 Å². The van der Waals surface area contributed by atoms with Gasteiger partial charge in [0.1, 0.15) is 16.4 Å². The van der Waals surface area contributed by atoms with Gasteiger partial charge in [0.25, 0.3) is 5.56 Å². The molecule has 0 radical (unpaired) electrons. The third kappa shape index (κ3) is 5.21. The Morgan fingerprint density at radius 3 is 2.30 bits per heavy atom. The summed E-state index contributed by atoms with van der Waals surface area (Å²) in [4.78, 5) is 23.8. The summed E-state index contributed by atoms with van der Waals surface area (Å²) in [6, 6.07) is 0.629. The Hall–Kier alpha value is -1.93. The van der Waals surface area contributed by atoms with Crippen LogP contribution in [-0.2, 0) is 23.2 Å². The number of rotatable bonds is 5. The quantitative estimate of drug-likeness (QED) is 0.609. The molecule has 2 rings (SSSR count). The van der Waals surface area contributed by atoms with E-state index < -0.39 is 60.6 Å². The molecule has 1 unspecified atom stereocenters. The molecule has 0 aliphatic rings. The molecule has 1 aromatic carbocycles. The molecule has 0 bridgehead atoms. The van der Waals surface area contributed by atoms with Crippen molar-refractivity contribution >= 4 is 34.0 Å². The molecule has 30 heavy (non-hydrogen) atoms. The van der Waals surface area contributed by atoms with Crippen LogP contribution in [0, 0.1) is 5.82 Å². The van der Waals surface area contributed by atoms with E-state index in [0.717, 1.165) is 7.05 Å². The maximum atomic E-state index is 14.4. The minimum absolute atomic E-state index is 0. The molecule has 168 valence electrons. The zero-order valence-corrected chi connectivity index (χ0v) is 17.7. The number of halogens is 6. The van der Waals surface area contributed by atoms with Crippen molar-refractivity contribution < 1.29 is 26.0 Å². The Balaban J connectivity index is 0.00000450. The summed E-state index contributed by atoms with van der Waals surface area (Å²) in [6.45, 7) is 1.30. The molecule has 0 amide bonds. The van der Waals surface area contributed by atoms with Gasteiger partial charge in [-0.15, -0.1) is 12.4 Å². The highest BCUT2D eigenvalue weighted by Gasteiger charge is 2.35. The summed E-state index contributed by atoms with van der Waals surface area (Å²) in [6.07, 6.45) is -5.01. The predicted molar refractivity (Wildman–Crippen MR) is 103 cm³/mol. The standard InChI is InChI=1S/C15H15ClF4N4O4S.ClH/c1-7(21)6-22-29(27,28)11-4-10(9(17)3-8(11)16)24-13(25)5-12(15(18,19)20)23(2)14(24)26;/h3-5,7,22H,6,21H2,1-2H3;1H. The lowest BCUT2D eigenvalue weighted by Gasteiger charge is -2.16. The number of nitrogens with one attached hydrogen (secondary N) is 1. The maximum Gasteiger partial charge on any atom is 0.431 e. The fraction of sp³-hybridized carbons (Fsp3) is 0.333. The van der Waals surface area contributed by atoms with Crippen LogP contribution in [0.5, 0.6) is 0 Å². The van der Waals surface area contributed by atoms with Gasteiger partial charge in [0.2, 0.25) is 10.0 Å². The smallest absolute Gasteiger partial charge is 0.327 e. The van der Waals surface area contributed by atoms with E-state index in [2.05, 4.69) is 4.72 Å². The van der Waals surface area contributed by atoms with Crippen LogP contribution in [-0.4, -0.2) is 30.1 Å². The molecule has 0 aliphatic heterocycles. The van der Waals surface area contributed by atoms with E-state index in [1.54, 1.807) is 0 Å². The second-order valence-corrected chi connectivity index (χ2v) is 8.25. The van der Waals surface area contributed by atoms with Gasteiger partial charge in [0.15, 0.2) is 0 Å². The van der Waals surface area contributed by atoms with Crippen molar-refractivity contribution in [3.8, 4) is 5.69 Å². The first kappa shape index (κ1) is 26.1. The summed E-state index contributed by atoms with van der Waals surface area (Å²) in [5, 5.41) is -0.569. The number of nitrogens with zero attached hydrogens (tertiary/aromatic N) is 2. The van der Waals surface area contributed by atoms with Crippen LogP contribution in [0.15, 0.2) is 32.7 Å². The molecule has 0 saturated heterocycles. The molecule has 2 aromatic rings. The molecule has 1 aromatic heterocycles. The van der Waals surface area contributed by atoms with Crippen LogP contribution >= 0.6 is 24.0 Å². The van der Waals surface area contributed by atoms with Gasteiger partial charge in [0.05, 0.1) is 10.7 Å². The monoisotopic (exact) mass is 494 g/mol. The van der Waals surface area contributed by atoms with E-state index in [1.165, 1.54) is 6.92 Å². The van der Waals surface area contributed by atoms with Gasteiger partial charge in [-0.3, -0.25) is 9.36 Å². The molecule has 8 nitrogen and oxygen atoms in total. The molecule has 15 heteroatoms. The number of hydrogen-bond donors (Lipinski definition) is 2. The summed E-state index contributed by atoms with van der Waals surface area (Å²) in [5.41, 5.74) is -0.00165. The largest absolute Gasteiger partial charge is 0.431 e. The highest BCUT2D eigenvalue weighted by Crippen LogP contribution is 2.28. The van der Waals surface area contributed by atoms with Gasteiger partial charge in [-0.1, -0.05) is 11.6 Å². The third-order valence-electron chi connectivity index (χ3n) is 3.74. The highest BCUT2D eigenvalue weighted by atomic mass is 35.5.